The maximum atomic E-state index is 13.0. The zero-order chi connectivity index (χ0) is 20.0. The van der Waals surface area contributed by atoms with Gasteiger partial charge in [0.1, 0.15) is 5.82 Å². The Morgan fingerprint density at radius 3 is 2.37 bits per heavy atom. The number of halogens is 2. The van der Waals surface area contributed by atoms with E-state index in [1.54, 1.807) is 24.1 Å². The first-order valence-electron chi connectivity index (χ1n) is 8.54. The first-order chi connectivity index (χ1) is 12.7. The van der Waals surface area contributed by atoms with Gasteiger partial charge in [-0.25, -0.2) is 4.39 Å². The molecule has 2 N–H and O–H groups in total. The quantitative estimate of drug-likeness (QED) is 0.697. The zero-order valence-electron chi connectivity index (χ0n) is 15.6. The Hall–Kier alpha value is -2.25. The third kappa shape index (κ3) is 6.77. The third-order valence-electron chi connectivity index (χ3n) is 4.04. The predicted octanol–water partition coefficient (Wildman–Crippen LogP) is 3.64. The van der Waals surface area contributed by atoms with E-state index in [1.807, 2.05) is 32.0 Å². The molecule has 144 valence electrons. The molecule has 2 amide bonds. The molecule has 0 aliphatic rings. The number of hydrogen-bond donors (Lipinski definition) is 2. The molecule has 0 fully saturated rings. The van der Waals surface area contributed by atoms with Crippen molar-refractivity contribution < 1.29 is 14.0 Å². The van der Waals surface area contributed by atoms with Crippen molar-refractivity contribution >= 4 is 33.4 Å². The molecule has 7 heteroatoms. The van der Waals surface area contributed by atoms with Crippen molar-refractivity contribution in [3.8, 4) is 0 Å². The van der Waals surface area contributed by atoms with Crippen LogP contribution in [-0.4, -0.2) is 36.9 Å². The molecular formula is C20H23BrFN3O2. The van der Waals surface area contributed by atoms with E-state index in [1.165, 1.54) is 12.1 Å². The van der Waals surface area contributed by atoms with Gasteiger partial charge in [0.2, 0.25) is 11.8 Å². The Bertz CT molecular complexity index is 811. The molecule has 0 aliphatic heterocycles. The van der Waals surface area contributed by atoms with Gasteiger partial charge in [-0.1, -0.05) is 28.1 Å². The Labute approximate surface area is 167 Å². The van der Waals surface area contributed by atoms with Gasteiger partial charge in [0.15, 0.2) is 0 Å². The number of anilines is 1. The molecule has 27 heavy (non-hydrogen) atoms. The van der Waals surface area contributed by atoms with Crippen molar-refractivity contribution in [3.63, 3.8) is 0 Å². The lowest BCUT2D eigenvalue weighted by Crippen LogP contribution is -2.39. The second kappa shape index (κ2) is 9.62. The average Bonchev–Trinajstić information content (AvgIpc) is 2.57. The number of aryl methyl sites for hydroxylation is 1. The SMILES string of the molecule is Cc1cc(Br)ccc1NC(=O)CN(C)CC(=O)NC(C)c1ccc(F)cc1. The number of nitrogens with one attached hydrogen (secondary N) is 2. The fourth-order valence-corrected chi connectivity index (χ4v) is 3.10. The van der Waals surface area contributed by atoms with E-state index in [9.17, 15) is 14.0 Å². The van der Waals surface area contributed by atoms with Crippen LogP contribution in [0, 0.1) is 12.7 Å². The number of rotatable bonds is 7. The molecule has 0 bridgehead atoms. The Balaban J connectivity index is 1.81. The number of carbonyl (C=O) groups is 2. The van der Waals surface area contributed by atoms with Crippen LogP contribution in [0.4, 0.5) is 10.1 Å². The summed E-state index contributed by atoms with van der Waals surface area (Å²) < 4.78 is 13.9. The van der Waals surface area contributed by atoms with Crippen LogP contribution in [0.2, 0.25) is 0 Å². The lowest BCUT2D eigenvalue weighted by atomic mass is 10.1. The highest BCUT2D eigenvalue weighted by molar-refractivity contribution is 9.10. The van der Waals surface area contributed by atoms with Crippen LogP contribution in [0.3, 0.4) is 0 Å². The topological polar surface area (TPSA) is 61.4 Å². The summed E-state index contributed by atoms with van der Waals surface area (Å²) in [4.78, 5) is 26.0. The number of carbonyl (C=O) groups excluding carboxylic acids is 2. The van der Waals surface area contributed by atoms with E-state index in [4.69, 9.17) is 0 Å². The smallest absolute Gasteiger partial charge is 0.238 e. The average molecular weight is 436 g/mol. The number of amides is 2. The van der Waals surface area contributed by atoms with Gasteiger partial charge in [0.25, 0.3) is 0 Å². The van der Waals surface area contributed by atoms with Crippen molar-refractivity contribution in [3.05, 3.63) is 63.9 Å². The largest absolute Gasteiger partial charge is 0.348 e. The minimum Gasteiger partial charge on any atom is -0.348 e. The highest BCUT2D eigenvalue weighted by Gasteiger charge is 2.14. The predicted molar refractivity (Wildman–Crippen MR) is 108 cm³/mol. The molecule has 1 atom stereocenters. The van der Waals surface area contributed by atoms with Gasteiger partial charge in [-0.05, 0) is 62.4 Å². The molecule has 2 aromatic carbocycles. The number of benzene rings is 2. The highest BCUT2D eigenvalue weighted by Crippen LogP contribution is 2.20. The van der Waals surface area contributed by atoms with Gasteiger partial charge in [-0.2, -0.15) is 0 Å². The van der Waals surface area contributed by atoms with E-state index in [0.29, 0.717) is 0 Å². The van der Waals surface area contributed by atoms with Gasteiger partial charge in [-0.15, -0.1) is 0 Å². The van der Waals surface area contributed by atoms with E-state index < -0.39 is 0 Å². The fourth-order valence-electron chi connectivity index (χ4n) is 2.63. The lowest BCUT2D eigenvalue weighted by molar-refractivity contribution is -0.123. The molecule has 0 aromatic heterocycles. The van der Waals surface area contributed by atoms with Crippen LogP contribution in [0.15, 0.2) is 46.9 Å². The van der Waals surface area contributed by atoms with E-state index in [2.05, 4.69) is 26.6 Å². The first-order valence-corrected chi connectivity index (χ1v) is 9.33. The van der Waals surface area contributed by atoms with Gasteiger partial charge in [0, 0.05) is 10.2 Å². The normalized spacial score (nSPS) is 11.9. The third-order valence-corrected chi connectivity index (χ3v) is 4.53. The van der Waals surface area contributed by atoms with Crippen LogP contribution in [0.5, 0.6) is 0 Å². The zero-order valence-corrected chi connectivity index (χ0v) is 17.1. The highest BCUT2D eigenvalue weighted by atomic mass is 79.9. The molecule has 0 saturated heterocycles. The van der Waals surface area contributed by atoms with Crippen molar-refractivity contribution in [2.75, 3.05) is 25.5 Å². The summed E-state index contributed by atoms with van der Waals surface area (Å²) >= 11 is 3.39. The standard InChI is InChI=1S/C20H23BrFN3O2/c1-13-10-16(21)6-9-18(13)24-20(27)12-25(3)11-19(26)23-14(2)15-4-7-17(22)8-5-15/h4-10,14H,11-12H2,1-3H3,(H,23,26)(H,24,27). The Morgan fingerprint density at radius 1 is 1.11 bits per heavy atom. The lowest BCUT2D eigenvalue weighted by Gasteiger charge is -2.19. The van der Waals surface area contributed by atoms with Crippen LogP contribution >= 0.6 is 15.9 Å². The first kappa shape index (κ1) is 21.1. The maximum Gasteiger partial charge on any atom is 0.238 e. The van der Waals surface area contributed by atoms with Crippen LogP contribution in [0.25, 0.3) is 0 Å². The molecule has 0 heterocycles. The summed E-state index contributed by atoms with van der Waals surface area (Å²) in [5.41, 5.74) is 2.51. The molecule has 0 aliphatic carbocycles. The van der Waals surface area contributed by atoms with Gasteiger partial charge in [-0.3, -0.25) is 14.5 Å². The van der Waals surface area contributed by atoms with Crippen molar-refractivity contribution in [1.29, 1.82) is 0 Å². The van der Waals surface area contributed by atoms with Crippen molar-refractivity contribution in [2.45, 2.75) is 19.9 Å². The molecular weight excluding hydrogens is 413 g/mol. The summed E-state index contributed by atoms with van der Waals surface area (Å²) in [5.74, 6) is -0.715. The molecule has 5 nitrogen and oxygen atoms in total. The number of hydrogen-bond acceptors (Lipinski definition) is 3. The fraction of sp³-hybridized carbons (Fsp3) is 0.300. The Kier molecular flexibility index (Phi) is 7.50. The van der Waals surface area contributed by atoms with E-state index in [-0.39, 0.29) is 36.8 Å². The van der Waals surface area contributed by atoms with Crippen molar-refractivity contribution in [1.82, 2.24) is 10.2 Å². The summed E-state index contributed by atoms with van der Waals surface area (Å²) in [6.07, 6.45) is 0. The molecule has 1 unspecified atom stereocenters. The van der Waals surface area contributed by atoms with Crippen LogP contribution < -0.4 is 10.6 Å². The summed E-state index contributed by atoms with van der Waals surface area (Å²) in [7, 11) is 1.70. The minimum atomic E-state index is -0.316. The Morgan fingerprint density at radius 2 is 1.74 bits per heavy atom. The van der Waals surface area contributed by atoms with Crippen LogP contribution in [0.1, 0.15) is 24.1 Å². The molecule has 0 spiro atoms. The summed E-state index contributed by atoms with van der Waals surface area (Å²) in [5, 5.41) is 5.69. The van der Waals surface area contributed by atoms with Gasteiger partial charge < -0.3 is 10.6 Å². The van der Waals surface area contributed by atoms with Crippen molar-refractivity contribution in [2.24, 2.45) is 0 Å². The second-order valence-corrected chi connectivity index (χ2v) is 7.44. The van der Waals surface area contributed by atoms with E-state index in [0.717, 1.165) is 21.3 Å². The van der Waals surface area contributed by atoms with Crippen LogP contribution in [-0.2, 0) is 9.59 Å². The molecule has 2 rings (SSSR count). The van der Waals surface area contributed by atoms with Gasteiger partial charge in [0.05, 0.1) is 19.1 Å². The molecule has 2 aromatic rings. The number of likely N-dealkylation sites (N-methyl/N-ethyl adjacent to an activating group) is 1. The maximum absolute atomic E-state index is 13.0. The second-order valence-electron chi connectivity index (χ2n) is 6.52. The van der Waals surface area contributed by atoms with E-state index >= 15 is 0 Å². The molecule has 0 radical (unpaired) electrons. The summed E-state index contributed by atoms with van der Waals surface area (Å²) in [6, 6.07) is 11.4. The minimum absolute atomic E-state index is 0.0816. The number of nitrogens with zero attached hydrogens (tertiary/aromatic N) is 1. The molecule has 0 saturated carbocycles. The summed E-state index contributed by atoms with van der Waals surface area (Å²) in [6.45, 7) is 3.91. The monoisotopic (exact) mass is 435 g/mol. The van der Waals surface area contributed by atoms with Gasteiger partial charge >= 0.3 is 0 Å².